The fourth-order valence-electron chi connectivity index (χ4n) is 7.63. The van der Waals surface area contributed by atoms with Crippen LogP contribution in [0.2, 0.25) is 0 Å². The minimum absolute atomic E-state index is 0.238. The lowest BCUT2D eigenvalue weighted by atomic mass is 9.59. The molecule has 1 N–H and O–H groups in total. The van der Waals surface area contributed by atoms with E-state index in [1.807, 2.05) is 0 Å². The van der Waals surface area contributed by atoms with Crippen molar-refractivity contribution in [2.24, 2.45) is 22.7 Å². The molecule has 0 spiro atoms. The molecular formula is C31H44O5. The molecule has 5 nitrogen and oxygen atoms in total. The van der Waals surface area contributed by atoms with Crippen LogP contribution in [0.25, 0.3) is 0 Å². The predicted octanol–water partition coefficient (Wildman–Crippen LogP) is 6.05. The fourth-order valence-corrected chi connectivity index (χ4v) is 7.63. The maximum Gasteiger partial charge on any atom is 0.302 e. The third kappa shape index (κ3) is 6.25. The van der Waals surface area contributed by atoms with Crippen molar-refractivity contribution < 1.29 is 24.2 Å². The van der Waals surface area contributed by atoms with E-state index in [4.69, 9.17) is 9.47 Å². The van der Waals surface area contributed by atoms with Gasteiger partial charge in [0.25, 0.3) is 0 Å². The lowest BCUT2D eigenvalue weighted by Gasteiger charge is -2.45. The molecule has 0 aromatic rings. The van der Waals surface area contributed by atoms with Gasteiger partial charge in [0.05, 0.1) is 0 Å². The standard InChI is InChI=1S/C31H44O5/c1-21(32)35-25-18-23(19-26(20-25)36-22(2)33)9-10-24-8-6-14-30(5)27(24)11-12-28(30)31(16-17-31)15-7-13-29(3,4)34/h9-10,25-28,34H,6,8,11-12,14-20H2,1-5H3/b24-10+/t25-,26-,27?,28+,30+/m1/s1. The highest BCUT2D eigenvalue weighted by molar-refractivity contribution is 5.67. The number of fused-ring (bicyclic) bond motifs is 1. The normalized spacial score (nSPS) is 34.3. The van der Waals surface area contributed by atoms with Crippen LogP contribution in [0.3, 0.4) is 0 Å². The molecule has 198 valence electrons. The van der Waals surface area contributed by atoms with Crippen LogP contribution in [0.5, 0.6) is 0 Å². The second-order valence-corrected chi connectivity index (χ2v) is 12.6. The third-order valence-electron chi connectivity index (χ3n) is 9.13. The van der Waals surface area contributed by atoms with Crippen molar-refractivity contribution in [1.29, 1.82) is 0 Å². The third-order valence-corrected chi connectivity index (χ3v) is 9.13. The second kappa shape index (κ2) is 10.4. The summed E-state index contributed by atoms with van der Waals surface area (Å²) in [5.74, 6) is 7.10. The van der Waals surface area contributed by atoms with E-state index in [9.17, 15) is 14.7 Å². The summed E-state index contributed by atoms with van der Waals surface area (Å²) in [6, 6.07) is 0. The molecule has 4 aliphatic carbocycles. The lowest BCUT2D eigenvalue weighted by molar-refractivity contribution is -0.154. The zero-order valence-corrected chi connectivity index (χ0v) is 22.8. The van der Waals surface area contributed by atoms with Crippen LogP contribution in [0.4, 0.5) is 0 Å². The number of carbonyl (C=O) groups is 2. The van der Waals surface area contributed by atoms with Gasteiger partial charge in [-0.2, -0.15) is 0 Å². The van der Waals surface area contributed by atoms with Gasteiger partial charge >= 0.3 is 11.9 Å². The van der Waals surface area contributed by atoms with E-state index in [0.717, 1.165) is 12.8 Å². The Bertz CT molecular complexity index is 957. The van der Waals surface area contributed by atoms with Gasteiger partial charge in [0.2, 0.25) is 0 Å². The Hall–Kier alpha value is -2.06. The highest BCUT2D eigenvalue weighted by atomic mass is 16.6. The molecule has 0 aliphatic heterocycles. The number of hydrogen-bond donors (Lipinski definition) is 1. The first-order valence-electron chi connectivity index (χ1n) is 13.9. The summed E-state index contributed by atoms with van der Waals surface area (Å²) in [6.07, 6.45) is 15.6. The lowest BCUT2D eigenvalue weighted by Crippen LogP contribution is -2.37. The van der Waals surface area contributed by atoms with Crippen molar-refractivity contribution in [3.05, 3.63) is 23.3 Å². The number of allylic oxidation sites excluding steroid dienone is 3. The molecule has 4 rings (SSSR count). The number of carbonyl (C=O) groups excluding carboxylic acids is 2. The quantitative estimate of drug-likeness (QED) is 0.371. The van der Waals surface area contributed by atoms with Gasteiger partial charge in [0.15, 0.2) is 0 Å². The molecule has 36 heavy (non-hydrogen) atoms. The number of rotatable bonds is 5. The maximum absolute atomic E-state index is 11.6. The number of aliphatic hydroxyl groups is 1. The van der Waals surface area contributed by atoms with E-state index in [-0.39, 0.29) is 24.1 Å². The SMILES string of the molecule is CC(=O)O[C@@H]1CC(=C/C=C2\CCC[C@@]3(C)C2CC[C@@H]3C2(CC#CC(C)(C)O)CC2)C[C@@H](OC(C)=O)C1. The highest BCUT2D eigenvalue weighted by Crippen LogP contribution is 2.69. The van der Waals surface area contributed by atoms with Gasteiger partial charge in [-0.25, -0.2) is 0 Å². The van der Waals surface area contributed by atoms with Gasteiger partial charge in [0, 0.05) is 39.5 Å². The summed E-state index contributed by atoms with van der Waals surface area (Å²) in [5.41, 5.74) is 2.46. The molecule has 0 saturated heterocycles. The molecule has 0 aromatic carbocycles. The molecule has 0 heterocycles. The zero-order valence-electron chi connectivity index (χ0n) is 22.8. The Labute approximate surface area is 217 Å². The van der Waals surface area contributed by atoms with Gasteiger partial charge < -0.3 is 14.6 Å². The first-order chi connectivity index (χ1) is 16.9. The molecular weight excluding hydrogens is 452 g/mol. The average Bonchev–Trinajstić information content (AvgIpc) is 3.43. The van der Waals surface area contributed by atoms with Crippen LogP contribution in [-0.2, 0) is 19.1 Å². The van der Waals surface area contributed by atoms with Crippen LogP contribution in [-0.4, -0.2) is 34.9 Å². The number of esters is 2. The summed E-state index contributed by atoms with van der Waals surface area (Å²) in [6.45, 7) is 8.90. The molecule has 0 amide bonds. The molecule has 5 atom stereocenters. The zero-order chi connectivity index (χ0) is 26.1. The van der Waals surface area contributed by atoms with E-state index >= 15 is 0 Å². The first-order valence-corrected chi connectivity index (χ1v) is 13.9. The minimum atomic E-state index is -0.922. The Morgan fingerprint density at radius 2 is 1.69 bits per heavy atom. The summed E-state index contributed by atoms with van der Waals surface area (Å²) in [7, 11) is 0. The van der Waals surface area contributed by atoms with Gasteiger partial charge in [-0.1, -0.05) is 42.1 Å². The van der Waals surface area contributed by atoms with Crippen molar-refractivity contribution in [1.82, 2.24) is 0 Å². The van der Waals surface area contributed by atoms with Gasteiger partial charge in [-0.3, -0.25) is 9.59 Å². The highest BCUT2D eigenvalue weighted by Gasteiger charge is 2.60. The topological polar surface area (TPSA) is 72.8 Å². The Morgan fingerprint density at radius 3 is 2.25 bits per heavy atom. The number of ether oxygens (including phenoxy) is 2. The van der Waals surface area contributed by atoms with Crippen molar-refractivity contribution in [3.63, 3.8) is 0 Å². The number of hydrogen-bond acceptors (Lipinski definition) is 5. The van der Waals surface area contributed by atoms with E-state index in [1.165, 1.54) is 57.9 Å². The van der Waals surface area contributed by atoms with E-state index < -0.39 is 5.60 Å². The van der Waals surface area contributed by atoms with Crippen molar-refractivity contribution in [3.8, 4) is 11.8 Å². The van der Waals surface area contributed by atoms with E-state index in [0.29, 0.717) is 41.9 Å². The van der Waals surface area contributed by atoms with Crippen molar-refractivity contribution in [2.45, 2.75) is 123 Å². The molecule has 0 aromatic heterocycles. The largest absolute Gasteiger partial charge is 0.462 e. The summed E-state index contributed by atoms with van der Waals surface area (Å²) >= 11 is 0. The summed E-state index contributed by atoms with van der Waals surface area (Å²) < 4.78 is 11.0. The van der Waals surface area contributed by atoms with Crippen LogP contribution in [0.1, 0.15) is 105 Å². The van der Waals surface area contributed by atoms with E-state index in [2.05, 4.69) is 30.9 Å². The Morgan fingerprint density at radius 1 is 1.06 bits per heavy atom. The average molecular weight is 497 g/mol. The van der Waals surface area contributed by atoms with Gasteiger partial charge in [-0.15, -0.1) is 0 Å². The molecule has 4 saturated carbocycles. The summed E-state index contributed by atoms with van der Waals surface area (Å²) in [5, 5.41) is 10.0. The second-order valence-electron chi connectivity index (χ2n) is 12.6. The van der Waals surface area contributed by atoms with Crippen molar-refractivity contribution >= 4 is 11.9 Å². The van der Waals surface area contributed by atoms with Crippen LogP contribution >= 0.6 is 0 Å². The maximum atomic E-state index is 11.6. The van der Waals surface area contributed by atoms with Crippen LogP contribution in [0.15, 0.2) is 23.3 Å². The molecule has 0 radical (unpaired) electrons. The molecule has 0 bridgehead atoms. The van der Waals surface area contributed by atoms with Crippen LogP contribution in [0, 0.1) is 34.5 Å². The molecule has 4 aliphatic rings. The summed E-state index contributed by atoms with van der Waals surface area (Å²) in [4.78, 5) is 23.1. The molecule has 1 unspecified atom stereocenters. The molecule has 5 heteroatoms. The minimum Gasteiger partial charge on any atom is -0.462 e. The molecule has 4 fully saturated rings. The first kappa shape index (κ1) is 27.0. The van der Waals surface area contributed by atoms with Crippen molar-refractivity contribution in [2.75, 3.05) is 0 Å². The fraction of sp³-hybridized carbons (Fsp3) is 0.742. The van der Waals surface area contributed by atoms with Crippen LogP contribution < -0.4 is 0 Å². The van der Waals surface area contributed by atoms with Gasteiger partial charge in [0.1, 0.15) is 17.8 Å². The Kier molecular flexibility index (Phi) is 7.77. The predicted molar refractivity (Wildman–Crippen MR) is 140 cm³/mol. The monoisotopic (exact) mass is 496 g/mol. The smallest absolute Gasteiger partial charge is 0.302 e. The Balaban J connectivity index is 1.50. The van der Waals surface area contributed by atoms with Gasteiger partial charge in [-0.05, 0) is 81.5 Å². The van der Waals surface area contributed by atoms with E-state index in [1.54, 1.807) is 19.4 Å².